The van der Waals surface area contributed by atoms with E-state index in [4.69, 9.17) is 4.74 Å². The normalized spacial score (nSPS) is 22.0. The van der Waals surface area contributed by atoms with Crippen molar-refractivity contribution in [2.45, 2.75) is 63.6 Å². The standard InChI is InChI=1S/C32H44N4O3/c1-24-8-10-25(11-9-24)26-12-14-27(15-13-26)31(37)33(2)29-17-19-36(23-29)32(38)34(3)28-16-18-35(22-28)20-21-39-30-6-4-5-7-30/h8-15,28-30H,4-7,16-23H2,1-3H3. The summed E-state index contributed by atoms with van der Waals surface area (Å²) in [5.74, 6) is 0.00404. The third-order valence-electron chi connectivity index (χ3n) is 8.98. The van der Waals surface area contributed by atoms with Crippen LogP contribution < -0.4 is 0 Å². The zero-order valence-electron chi connectivity index (χ0n) is 23.8. The summed E-state index contributed by atoms with van der Waals surface area (Å²) in [5, 5.41) is 0. The number of likely N-dealkylation sites (tertiary alicyclic amines) is 2. The molecule has 2 saturated heterocycles. The zero-order chi connectivity index (χ0) is 27.4. The van der Waals surface area contributed by atoms with Crippen molar-refractivity contribution >= 4 is 11.9 Å². The summed E-state index contributed by atoms with van der Waals surface area (Å²) in [5.41, 5.74) is 4.15. The Bertz CT molecular complexity index is 1110. The number of carbonyl (C=O) groups excluding carboxylic acids is 2. The third-order valence-corrected chi connectivity index (χ3v) is 8.98. The van der Waals surface area contributed by atoms with E-state index >= 15 is 0 Å². The van der Waals surface area contributed by atoms with E-state index in [9.17, 15) is 9.59 Å². The minimum absolute atomic E-state index is 0.00404. The molecule has 2 aromatic rings. The highest BCUT2D eigenvalue weighted by Gasteiger charge is 2.36. The predicted molar refractivity (Wildman–Crippen MR) is 155 cm³/mol. The number of amides is 3. The molecule has 0 N–H and O–H groups in total. The van der Waals surface area contributed by atoms with E-state index in [2.05, 4.69) is 36.1 Å². The summed E-state index contributed by atoms with van der Waals surface area (Å²) in [6, 6.07) is 16.6. The quantitative estimate of drug-likeness (QED) is 0.486. The van der Waals surface area contributed by atoms with E-state index < -0.39 is 0 Å². The second-order valence-corrected chi connectivity index (χ2v) is 11.7. The van der Waals surface area contributed by atoms with Gasteiger partial charge in [-0.15, -0.1) is 0 Å². The Morgan fingerprint density at radius 1 is 0.821 bits per heavy atom. The van der Waals surface area contributed by atoms with Crippen molar-refractivity contribution in [3.05, 3.63) is 59.7 Å². The number of ether oxygens (including phenoxy) is 1. The van der Waals surface area contributed by atoms with Crippen LogP contribution in [-0.4, -0.2) is 103 Å². The molecular formula is C32H44N4O3. The molecule has 3 fully saturated rings. The first-order valence-corrected chi connectivity index (χ1v) is 14.7. The first kappa shape index (κ1) is 27.7. The fourth-order valence-electron chi connectivity index (χ4n) is 6.27. The molecule has 1 aliphatic carbocycles. The average Bonchev–Trinajstić information content (AvgIpc) is 3.75. The highest BCUT2D eigenvalue weighted by Crippen LogP contribution is 2.24. The van der Waals surface area contributed by atoms with Gasteiger partial charge in [0.2, 0.25) is 0 Å². The van der Waals surface area contributed by atoms with E-state index in [1.807, 2.05) is 53.1 Å². The zero-order valence-corrected chi connectivity index (χ0v) is 23.8. The summed E-state index contributed by atoms with van der Waals surface area (Å²) in [6.07, 6.45) is 7.27. The lowest BCUT2D eigenvalue weighted by molar-refractivity contribution is 0.0446. The van der Waals surface area contributed by atoms with Gasteiger partial charge >= 0.3 is 6.03 Å². The second-order valence-electron chi connectivity index (χ2n) is 11.7. The van der Waals surface area contributed by atoms with Gasteiger partial charge in [0, 0.05) is 58.4 Å². The van der Waals surface area contributed by atoms with Crippen molar-refractivity contribution in [2.75, 3.05) is 53.4 Å². The fraction of sp³-hybridized carbons (Fsp3) is 0.562. The van der Waals surface area contributed by atoms with Crippen molar-refractivity contribution in [3.8, 4) is 11.1 Å². The highest BCUT2D eigenvalue weighted by atomic mass is 16.5. The Morgan fingerprint density at radius 2 is 1.44 bits per heavy atom. The molecule has 7 heteroatoms. The lowest BCUT2D eigenvalue weighted by Crippen LogP contribution is -2.47. The van der Waals surface area contributed by atoms with Gasteiger partial charge in [0.25, 0.3) is 5.91 Å². The SMILES string of the molecule is Cc1ccc(-c2ccc(C(=O)N(C)C3CCN(C(=O)N(C)C4CCN(CCOC5CCCC5)C4)C3)cc2)cc1. The largest absolute Gasteiger partial charge is 0.377 e. The number of rotatable bonds is 8. The van der Waals surface area contributed by atoms with E-state index in [1.54, 1.807) is 0 Å². The van der Waals surface area contributed by atoms with Crippen molar-refractivity contribution in [1.29, 1.82) is 0 Å². The molecule has 0 bridgehead atoms. The van der Waals surface area contributed by atoms with Crippen LogP contribution in [0.3, 0.4) is 0 Å². The number of hydrogen-bond donors (Lipinski definition) is 0. The van der Waals surface area contributed by atoms with E-state index in [-0.39, 0.29) is 24.0 Å². The van der Waals surface area contributed by atoms with Crippen molar-refractivity contribution in [3.63, 3.8) is 0 Å². The van der Waals surface area contributed by atoms with Crippen LogP contribution in [-0.2, 0) is 4.74 Å². The van der Waals surface area contributed by atoms with Crippen LogP contribution in [0.1, 0.15) is 54.4 Å². The monoisotopic (exact) mass is 532 g/mol. The average molecular weight is 533 g/mol. The maximum absolute atomic E-state index is 13.3. The summed E-state index contributed by atoms with van der Waals surface area (Å²) in [4.78, 5) is 34.7. The molecule has 0 radical (unpaired) electrons. The first-order chi connectivity index (χ1) is 18.9. The molecule has 2 atom stereocenters. The Balaban J connectivity index is 1.08. The number of urea groups is 1. The van der Waals surface area contributed by atoms with Crippen LogP contribution in [0.5, 0.6) is 0 Å². The lowest BCUT2D eigenvalue weighted by Gasteiger charge is -2.30. The van der Waals surface area contributed by atoms with Gasteiger partial charge in [-0.25, -0.2) is 4.79 Å². The smallest absolute Gasteiger partial charge is 0.320 e. The van der Waals surface area contributed by atoms with Gasteiger partial charge in [0.1, 0.15) is 0 Å². The van der Waals surface area contributed by atoms with Gasteiger partial charge in [-0.05, 0) is 55.9 Å². The Morgan fingerprint density at radius 3 is 2.13 bits per heavy atom. The minimum atomic E-state index is 0.00404. The number of hydrogen-bond acceptors (Lipinski definition) is 4. The second kappa shape index (κ2) is 12.5. The summed E-state index contributed by atoms with van der Waals surface area (Å²) >= 11 is 0. The number of likely N-dealkylation sites (N-methyl/N-ethyl adjacent to an activating group) is 2. The molecule has 2 heterocycles. The van der Waals surface area contributed by atoms with Gasteiger partial charge in [0.05, 0.1) is 18.8 Å². The Hall–Kier alpha value is -2.90. The predicted octanol–water partition coefficient (Wildman–Crippen LogP) is 4.89. The van der Waals surface area contributed by atoms with E-state index in [1.165, 1.54) is 31.2 Å². The van der Waals surface area contributed by atoms with Gasteiger partial charge < -0.3 is 19.4 Å². The van der Waals surface area contributed by atoms with Crippen molar-refractivity contribution in [1.82, 2.24) is 19.6 Å². The molecule has 5 rings (SSSR count). The third kappa shape index (κ3) is 6.64. The lowest BCUT2D eigenvalue weighted by atomic mass is 10.0. The van der Waals surface area contributed by atoms with Crippen LogP contribution in [0.2, 0.25) is 0 Å². The van der Waals surface area contributed by atoms with Crippen LogP contribution in [0.15, 0.2) is 48.5 Å². The van der Waals surface area contributed by atoms with E-state index in [0.29, 0.717) is 24.8 Å². The number of aryl methyl sites for hydroxylation is 1. The van der Waals surface area contributed by atoms with Crippen molar-refractivity contribution < 1.29 is 14.3 Å². The van der Waals surface area contributed by atoms with Crippen LogP contribution in [0.4, 0.5) is 4.79 Å². The topological polar surface area (TPSA) is 56.3 Å². The molecular weight excluding hydrogens is 488 g/mol. The van der Waals surface area contributed by atoms with Gasteiger partial charge in [-0.3, -0.25) is 9.69 Å². The molecule has 210 valence electrons. The van der Waals surface area contributed by atoms with E-state index in [0.717, 1.165) is 50.2 Å². The maximum atomic E-state index is 13.3. The van der Waals surface area contributed by atoms with Gasteiger partial charge in [-0.1, -0.05) is 54.8 Å². The molecule has 7 nitrogen and oxygen atoms in total. The van der Waals surface area contributed by atoms with Crippen molar-refractivity contribution in [2.24, 2.45) is 0 Å². The maximum Gasteiger partial charge on any atom is 0.320 e. The molecule has 2 unspecified atom stereocenters. The number of benzene rings is 2. The molecule has 3 amide bonds. The molecule has 3 aliphatic rings. The molecule has 0 aromatic heterocycles. The Labute approximate surface area is 233 Å². The molecule has 1 saturated carbocycles. The summed E-state index contributed by atoms with van der Waals surface area (Å²) in [7, 11) is 3.80. The summed E-state index contributed by atoms with van der Waals surface area (Å²) in [6.45, 7) is 7.00. The van der Waals surface area contributed by atoms with Crippen LogP contribution in [0.25, 0.3) is 11.1 Å². The minimum Gasteiger partial charge on any atom is -0.377 e. The highest BCUT2D eigenvalue weighted by molar-refractivity contribution is 5.95. The number of nitrogens with zero attached hydrogens (tertiary/aromatic N) is 4. The molecule has 0 spiro atoms. The molecule has 39 heavy (non-hydrogen) atoms. The molecule has 2 aromatic carbocycles. The summed E-state index contributed by atoms with van der Waals surface area (Å²) < 4.78 is 6.04. The first-order valence-electron chi connectivity index (χ1n) is 14.7. The van der Waals surface area contributed by atoms with Gasteiger partial charge in [-0.2, -0.15) is 0 Å². The number of carbonyl (C=O) groups is 2. The van der Waals surface area contributed by atoms with Gasteiger partial charge in [0.15, 0.2) is 0 Å². The van der Waals surface area contributed by atoms with Crippen LogP contribution in [0, 0.1) is 6.92 Å². The fourth-order valence-corrected chi connectivity index (χ4v) is 6.27. The van der Waals surface area contributed by atoms with Crippen LogP contribution >= 0.6 is 0 Å². The Kier molecular flexibility index (Phi) is 8.88. The molecule has 2 aliphatic heterocycles.